The lowest BCUT2D eigenvalue weighted by Gasteiger charge is -2.12. The molecule has 1 amide bonds. The van der Waals surface area contributed by atoms with Crippen LogP contribution in [0.2, 0.25) is 0 Å². The molecule has 33 heavy (non-hydrogen) atoms. The van der Waals surface area contributed by atoms with Crippen molar-refractivity contribution in [2.75, 3.05) is 7.11 Å². The van der Waals surface area contributed by atoms with Crippen LogP contribution in [0.5, 0.6) is 11.5 Å². The van der Waals surface area contributed by atoms with Crippen molar-refractivity contribution in [2.24, 2.45) is 0 Å². The third kappa shape index (κ3) is 6.38. The van der Waals surface area contributed by atoms with Gasteiger partial charge < -0.3 is 19.8 Å². The fraction of sp³-hybridized carbons (Fsp3) is 0.333. The van der Waals surface area contributed by atoms with E-state index in [-0.39, 0.29) is 48.7 Å². The number of H-pyrrole nitrogens is 1. The largest absolute Gasteiger partial charge is 0.493 e. The van der Waals surface area contributed by atoms with E-state index in [0.29, 0.717) is 22.6 Å². The number of rotatable bonds is 10. The maximum absolute atomic E-state index is 13.8. The van der Waals surface area contributed by atoms with Crippen molar-refractivity contribution in [1.29, 1.82) is 0 Å². The molecular formula is C24H27FN4O4. The van der Waals surface area contributed by atoms with E-state index in [2.05, 4.69) is 20.5 Å². The van der Waals surface area contributed by atoms with Crippen LogP contribution in [0.1, 0.15) is 37.9 Å². The molecule has 0 saturated heterocycles. The Morgan fingerprint density at radius 1 is 1.18 bits per heavy atom. The summed E-state index contributed by atoms with van der Waals surface area (Å²) in [5, 5.41) is 10.9. The molecule has 1 aromatic heterocycles. The van der Waals surface area contributed by atoms with Crippen molar-refractivity contribution >= 4 is 5.91 Å². The fourth-order valence-electron chi connectivity index (χ4n) is 3.04. The average molecular weight is 455 g/mol. The van der Waals surface area contributed by atoms with Gasteiger partial charge in [0.1, 0.15) is 18.1 Å². The number of halogens is 1. The van der Waals surface area contributed by atoms with Crippen molar-refractivity contribution < 1.29 is 18.7 Å². The van der Waals surface area contributed by atoms with E-state index in [1.54, 1.807) is 36.4 Å². The van der Waals surface area contributed by atoms with Gasteiger partial charge in [-0.1, -0.05) is 25.1 Å². The highest BCUT2D eigenvalue weighted by molar-refractivity contribution is 5.76. The zero-order chi connectivity index (χ0) is 23.8. The topological polar surface area (TPSA) is 106 Å². The first-order chi connectivity index (χ1) is 15.9. The number of ether oxygens (including phenoxy) is 2. The number of nitrogens with one attached hydrogen (secondary N) is 2. The first-order valence-corrected chi connectivity index (χ1v) is 10.7. The van der Waals surface area contributed by atoms with E-state index >= 15 is 0 Å². The number of aromatic amines is 1. The molecule has 1 unspecified atom stereocenters. The number of benzene rings is 2. The summed E-state index contributed by atoms with van der Waals surface area (Å²) in [5.74, 6) is 0.594. The molecule has 0 bridgehead atoms. The maximum atomic E-state index is 13.8. The van der Waals surface area contributed by atoms with Gasteiger partial charge in [-0.3, -0.25) is 9.59 Å². The van der Waals surface area contributed by atoms with Gasteiger partial charge in [0.2, 0.25) is 5.91 Å². The van der Waals surface area contributed by atoms with Crippen molar-refractivity contribution in [3.63, 3.8) is 0 Å². The summed E-state index contributed by atoms with van der Waals surface area (Å²) < 4.78 is 24.9. The molecule has 3 rings (SSSR count). The van der Waals surface area contributed by atoms with Crippen molar-refractivity contribution in [3.05, 3.63) is 69.9 Å². The smallest absolute Gasteiger partial charge is 0.273 e. The molecule has 0 spiro atoms. The monoisotopic (exact) mass is 454 g/mol. The van der Waals surface area contributed by atoms with Crippen molar-refractivity contribution in [3.8, 4) is 22.9 Å². The zero-order valence-corrected chi connectivity index (χ0v) is 18.9. The van der Waals surface area contributed by atoms with Gasteiger partial charge in [0, 0.05) is 30.0 Å². The Labute approximate surface area is 191 Å². The van der Waals surface area contributed by atoms with Crippen LogP contribution in [-0.2, 0) is 17.8 Å². The lowest BCUT2D eigenvalue weighted by Crippen LogP contribution is -2.32. The minimum atomic E-state index is -0.407. The SMILES string of the molecule is CCC(C)NC(=O)CCc1nnc(-c2ccc(OCc3ccccc3F)c(OC)c2)[nH]c1=O. The summed E-state index contributed by atoms with van der Waals surface area (Å²) in [7, 11) is 1.48. The van der Waals surface area contributed by atoms with Gasteiger partial charge in [0.15, 0.2) is 17.3 Å². The van der Waals surface area contributed by atoms with Gasteiger partial charge in [-0.25, -0.2) is 4.39 Å². The van der Waals surface area contributed by atoms with E-state index in [1.807, 2.05) is 13.8 Å². The second-order valence-corrected chi connectivity index (χ2v) is 7.57. The third-order valence-electron chi connectivity index (χ3n) is 5.15. The van der Waals surface area contributed by atoms with Crippen molar-refractivity contribution in [2.45, 2.75) is 45.8 Å². The maximum Gasteiger partial charge on any atom is 0.273 e. The zero-order valence-electron chi connectivity index (χ0n) is 18.9. The Balaban J connectivity index is 1.70. The molecule has 2 aromatic carbocycles. The average Bonchev–Trinajstić information content (AvgIpc) is 2.82. The van der Waals surface area contributed by atoms with Gasteiger partial charge in [-0.15, -0.1) is 10.2 Å². The van der Waals surface area contributed by atoms with E-state index in [4.69, 9.17) is 9.47 Å². The molecule has 9 heteroatoms. The molecule has 174 valence electrons. The van der Waals surface area contributed by atoms with Crippen LogP contribution < -0.4 is 20.3 Å². The standard InChI is InChI=1S/C24H27FN4O4/c1-4-15(2)26-22(30)12-10-19-24(31)27-23(29-28-19)16-9-11-20(21(13-16)32-3)33-14-17-7-5-6-8-18(17)25/h5-9,11,13,15H,4,10,12,14H2,1-3H3,(H,26,30)(H,27,29,31). The highest BCUT2D eigenvalue weighted by Crippen LogP contribution is 2.31. The van der Waals surface area contributed by atoms with E-state index in [9.17, 15) is 14.0 Å². The summed E-state index contributed by atoms with van der Waals surface area (Å²) in [6, 6.07) is 11.4. The van der Waals surface area contributed by atoms with Crippen molar-refractivity contribution in [1.82, 2.24) is 20.5 Å². The quantitative estimate of drug-likeness (QED) is 0.486. The van der Waals surface area contributed by atoms with Gasteiger partial charge in [0.25, 0.3) is 5.56 Å². The summed E-state index contributed by atoms with van der Waals surface area (Å²) in [5.41, 5.74) is 0.771. The molecule has 3 aromatic rings. The van der Waals surface area contributed by atoms with E-state index in [1.165, 1.54) is 13.2 Å². The van der Waals surface area contributed by atoms with Crippen LogP contribution in [-0.4, -0.2) is 34.2 Å². The third-order valence-corrected chi connectivity index (χ3v) is 5.15. The summed E-state index contributed by atoms with van der Waals surface area (Å²) >= 11 is 0. The van der Waals surface area contributed by atoms with Gasteiger partial charge in [-0.2, -0.15) is 0 Å². The number of nitrogens with zero attached hydrogens (tertiary/aromatic N) is 2. The highest BCUT2D eigenvalue weighted by Gasteiger charge is 2.13. The number of aromatic nitrogens is 3. The molecule has 0 fully saturated rings. The minimum absolute atomic E-state index is 0.0400. The molecule has 0 aliphatic heterocycles. The van der Waals surface area contributed by atoms with E-state index < -0.39 is 5.56 Å². The van der Waals surface area contributed by atoms with Crippen LogP contribution in [0.3, 0.4) is 0 Å². The second-order valence-electron chi connectivity index (χ2n) is 7.57. The van der Waals surface area contributed by atoms with Gasteiger partial charge >= 0.3 is 0 Å². The predicted octanol–water partition coefficient (Wildman–Crippen LogP) is 3.41. The molecule has 0 radical (unpaired) electrons. The van der Waals surface area contributed by atoms with Crippen LogP contribution in [0.15, 0.2) is 47.3 Å². The number of amides is 1. The summed E-state index contributed by atoms with van der Waals surface area (Å²) in [6.07, 6.45) is 1.18. The lowest BCUT2D eigenvalue weighted by molar-refractivity contribution is -0.121. The number of hydrogen-bond acceptors (Lipinski definition) is 6. The van der Waals surface area contributed by atoms with Crippen LogP contribution >= 0.6 is 0 Å². The Morgan fingerprint density at radius 2 is 1.97 bits per heavy atom. The number of carbonyl (C=O) groups excluding carboxylic acids is 1. The molecule has 2 N–H and O–H groups in total. The van der Waals surface area contributed by atoms with E-state index in [0.717, 1.165) is 6.42 Å². The summed E-state index contributed by atoms with van der Waals surface area (Å²) in [4.78, 5) is 27.1. The number of carbonyl (C=O) groups is 1. The first kappa shape index (κ1) is 23.9. The Kier molecular flexibility index (Phi) is 8.12. The first-order valence-electron chi connectivity index (χ1n) is 10.7. The fourth-order valence-corrected chi connectivity index (χ4v) is 3.04. The number of methoxy groups -OCH3 is 1. The number of aryl methyl sites for hydroxylation is 1. The lowest BCUT2D eigenvalue weighted by atomic mass is 10.1. The Morgan fingerprint density at radius 3 is 2.67 bits per heavy atom. The Hall–Kier alpha value is -3.75. The van der Waals surface area contributed by atoms with Crippen LogP contribution in [0.25, 0.3) is 11.4 Å². The molecule has 1 atom stereocenters. The van der Waals surface area contributed by atoms with Gasteiger partial charge in [0.05, 0.1) is 7.11 Å². The van der Waals surface area contributed by atoms with Crippen LogP contribution in [0, 0.1) is 5.82 Å². The predicted molar refractivity (Wildman–Crippen MR) is 122 cm³/mol. The normalized spacial score (nSPS) is 11.6. The molecule has 0 aliphatic carbocycles. The number of hydrogen-bond donors (Lipinski definition) is 2. The summed E-state index contributed by atoms with van der Waals surface area (Å²) in [6.45, 7) is 3.94. The molecule has 0 aliphatic rings. The van der Waals surface area contributed by atoms with Crippen LogP contribution in [0.4, 0.5) is 4.39 Å². The van der Waals surface area contributed by atoms with Gasteiger partial charge in [-0.05, 0) is 37.6 Å². The molecule has 0 saturated carbocycles. The Bertz CT molecular complexity index is 1170. The molecular weight excluding hydrogens is 427 g/mol. The molecule has 8 nitrogen and oxygen atoms in total. The molecule has 1 heterocycles. The minimum Gasteiger partial charge on any atom is -0.493 e. The second kappa shape index (κ2) is 11.2. The highest BCUT2D eigenvalue weighted by atomic mass is 19.1.